The maximum absolute atomic E-state index is 12.6. The van der Waals surface area contributed by atoms with E-state index in [0.29, 0.717) is 10.8 Å². The Labute approximate surface area is 137 Å². The van der Waals surface area contributed by atoms with Crippen molar-refractivity contribution < 1.29 is 8.42 Å². The minimum Gasteiger partial charge on any atom is -0.384 e. The maximum Gasteiger partial charge on any atom is 0.240 e. The minimum atomic E-state index is -3.47. The fraction of sp³-hybridized carbons (Fsp3) is 0.333. The molecular formula is C18H20N2O2S. The molecule has 0 fully saturated rings. The summed E-state index contributed by atoms with van der Waals surface area (Å²) in [6.45, 7) is 2.80. The predicted molar refractivity (Wildman–Crippen MR) is 91.3 cm³/mol. The summed E-state index contributed by atoms with van der Waals surface area (Å²) in [5, 5.41) is 3.43. The third-order valence-electron chi connectivity index (χ3n) is 4.80. The summed E-state index contributed by atoms with van der Waals surface area (Å²) >= 11 is 0. The lowest BCUT2D eigenvalue weighted by Gasteiger charge is -2.29. The third kappa shape index (κ3) is 2.64. The van der Waals surface area contributed by atoms with Crippen LogP contribution in [0.1, 0.15) is 29.0 Å². The summed E-state index contributed by atoms with van der Waals surface area (Å²) in [7, 11) is -3.47. The lowest BCUT2D eigenvalue weighted by atomic mass is 9.82. The molecule has 2 unspecified atom stereocenters. The Bertz CT molecular complexity index is 861. The zero-order valence-corrected chi connectivity index (χ0v) is 13.9. The summed E-state index contributed by atoms with van der Waals surface area (Å²) in [6.07, 6.45) is 1.61. The zero-order chi connectivity index (χ0) is 16.0. The number of hydrogen-bond donors (Lipinski definition) is 2. The van der Waals surface area contributed by atoms with E-state index in [-0.39, 0.29) is 6.04 Å². The van der Waals surface area contributed by atoms with Crippen LogP contribution in [-0.4, -0.2) is 21.0 Å². The van der Waals surface area contributed by atoms with E-state index in [2.05, 4.69) is 22.2 Å². The molecule has 1 aliphatic carbocycles. The van der Waals surface area contributed by atoms with Gasteiger partial charge in [-0.05, 0) is 54.7 Å². The normalized spacial score (nSPS) is 22.5. The largest absolute Gasteiger partial charge is 0.384 e. The molecule has 2 aliphatic rings. The second kappa shape index (κ2) is 5.35. The van der Waals surface area contributed by atoms with Gasteiger partial charge in [-0.2, -0.15) is 0 Å². The van der Waals surface area contributed by atoms with Gasteiger partial charge in [-0.1, -0.05) is 24.3 Å². The quantitative estimate of drug-likeness (QED) is 0.911. The Kier molecular flexibility index (Phi) is 3.43. The zero-order valence-electron chi connectivity index (χ0n) is 13.0. The molecule has 0 amide bonds. The van der Waals surface area contributed by atoms with E-state index in [1.54, 1.807) is 18.2 Å². The SMILES string of the molecule is Cc1cccc(S(=O)(=O)NC2Cc3cccc4c3C(CN4)C2)c1. The molecule has 5 heteroatoms. The summed E-state index contributed by atoms with van der Waals surface area (Å²) in [5.74, 6) is 0.403. The van der Waals surface area contributed by atoms with Crippen LogP contribution >= 0.6 is 0 Å². The standard InChI is InChI=1S/C18H20N2O2S/c1-12-4-2-6-16(8-12)23(21,22)20-15-9-13-5-3-7-17-18(13)14(10-15)11-19-17/h2-8,14-15,19-20H,9-11H2,1H3. The molecule has 2 aromatic carbocycles. The predicted octanol–water partition coefficient (Wildman–Crippen LogP) is 2.80. The number of aryl methyl sites for hydroxylation is 1. The summed E-state index contributed by atoms with van der Waals surface area (Å²) in [4.78, 5) is 0.349. The highest BCUT2D eigenvalue weighted by atomic mass is 32.2. The van der Waals surface area contributed by atoms with E-state index in [1.807, 2.05) is 19.1 Å². The van der Waals surface area contributed by atoms with Gasteiger partial charge in [-0.15, -0.1) is 0 Å². The highest BCUT2D eigenvalue weighted by Gasteiger charge is 2.34. The van der Waals surface area contributed by atoms with Gasteiger partial charge in [0.05, 0.1) is 4.90 Å². The molecule has 0 radical (unpaired) electrons. The van der Waals surface area contributed by atoms with Crippen molar-refractivity contribution in [2.24, 2.45) is 0 Å². The molecule has 1 aliphatic heterocycles. The second-order valence-corrected chi connectivity index (χ2v) is 8.24. The highest BCUT2D eigenvalue weighted by molar-refractivity contribution is 7.89. The van der Waals surface area contributed by atoms with Crippen LogP contribution < -0.4 is 10.0 Å². The minimum absolute atomic E-state index is 0.0480. The fourth-order valence-corrected chi connectivity index (χ4v) is 5.17. The molecule has 2 aromatic rings. The van der Waals surface area contributed by atoms with Gasteiger partial charge in [-0.25, -0.2) is 13.1 Å². The van der Waals surface area contributed by atoms with Gasteiger partial charge < -0.3 is 5.32 Å². The monoisotopic (exact) mass is 328 g/mol. The molecule has 1 heterocycles. The highest BCUT2D eigenvalue weighted by Crippen LogP contribution is 2.41. The molecule has 0 saturated heterocycles. The van der Waals surface area contributed by atoms with E-state index in [9.17, 15) is 8.42 Å². The number of anilines is 1. The van der Waals surface area contributed by atoms with Gasteiger partial charge in [0, 0.05) is 24.2 Å². The topological polar surface area (TPSA) is 58.2 Å². The Morgan fingerprint density at radius 1 is 1.17 bits per heavy atom. The van der Waals surface area contributed by atoms with Crippen molar-refractivity contribution in [2.45, 2.75) is 36.6 Å². The molecule has 2 N–H and O–H groups in total. The van der Waals surface area contributed by atoms with Gasteiger partial charge in [0.2, 0.25) is 10.0 Å². The summed E-state index contributed by atoms with van der Waals surface area (Å²) in [5.41, 5.74) is 4.82. The van der Waals surface area contributed by atoms with Crippen LogP contribution in [0.2, 0.25) is 0 Å². The average molecular weight is 328 g/mol. The van der Waals surface area contributed by atoms with E-state index in [4.69, 9.17) is 0 Å². The van der Waals surface area contributed by atoms with Crippen molar-refractivity contribution in [1.82, 2.24) is 4.72 Å². The number of rotatable bonds is 3. The smallest absolute Gasteiger partial charge is 0.240 e. The van der Waals surface area contributed by atoms with Crippen LogP contribution in [0.15, 0.2) is 47.4 Å². The molecule has 120 valence electrons. The van der Waals surface area contributed by atoms with Crippen LogP contribution in [0.25, 0.3) is 0 Å². The molecule has 0 aromatic heterocycles. The molecule has 0 spiro atoms. The van der Waals surface area contributed by atoms with Crippen molar-refractivity contribution in [3.63, 3.8) is 0 Å². The molecule has 23 heavy (non-hydrogen) atoms. The third-order valence-corrected chi connectivity index (χ3v) is 6.32. The maximum atomic E-state index is 12.6. The van der Waals surface area contributed by atoms with Crippen LogP contribution in [-0.2, 0) is 16.4 Å². The van der Waals surface area contributed by atoms with Crippen molar-refractivity contribution in [3.8, 4) is 0 Å². The first-order chi connectivity index (χ1) is 11.0. The first-order valence-corrected chi connectivity index (χ1v) is 9.46. The Hall–Kier alpha value is -1.85. The van der Waals surface area contributed by atoms with Gasteiger partial charge in [0.25, 0.3) is 0 Å². The van der Waals surface area contributed by atoms with Gasteiger partial charge >= 0.3 is 0 Å². The second-order valence-electron chi connectivity index (χ2n) is 6.53. The van der Waals surface area contributed by atoms with Crippen molar-refractivity contribution >= 4 is 15.7 Å². The molecule has 0 saturated carbocycles. The Morgan fingerprint density at radius 3 is 2.83 bits per heavy atom. The van der Waals surface area contributed by atoms with Gasteiger partial charge in [0.1, 0.15) is 0 Å². The van der Waals surface area contributed by atoms with Crippen LogP contribution in [0, 0.1) is 6.92 Å². The molecular weight excluding hydrogens is 308 g/mol. The number of benzene rings is 2. The van der Waals surface area contributed by atoms with E-state index < -0.39 is 10.0 Å². The number of nitrogens with one attached hydrogen (secondary N) is 2. The van der Waals surface area contributed by atoms with Gasteiger partial charge in [-0.3, -0.25) is 0 Å². The fourth-order valence-electron chi connectivity index (χ4n) is 3.82. The van der Waals surface area contributed by atoms with Crippen LogP contribution in [0.3, 0.4) is 0 Å². The average Bonchev–Trinajstić information content (AvgIpc) is 2.92. The summed E-state index contributed by atoms with van der Waals surface area (Å²) < 4.78 is 28.2. The van der Waals surface area contributed by atoms with E-state index in [0.717, 1.165) is 24.9 Å². The summed E-state index contributed by atoms with van der Waals surface area (Å²) in [6, 6.07) is 13.3. The lowest BCUT2D eigenvalue weighted by molar-refractivity contribution is 0.471. The Morgan fingerprint density at radius 2 is 2.00 bits per heavy atom. The first kappa shape index (κ1) is 14.7. The molecule has 4 rings (SSSR count). The van der Waals surface area contributed by atoms with E-state index >= 15 is 0 Å². The Balaban J connectivity index is 1.60. The van der Waals surface area contributed by atoms with E-state index in [1.165, 1.54) is 16.8 Å². The van der Waals surface area contributed by atoms with Crippen molar-refractivity contribution in [2.75, 3.05) is 11.9 Å². The van der Waals surface area contributed by atoms with Crippen LogP contribution in [0.5, 0.6) is 0 Å². The number of sulfonamides is 1. The lowest BCUT2D eigenvalue weighted by Crippen LogP contribution is -2.40. The van der Waals surface area contributed by atoms with Gasteiger partial charge in [0.15, 0.2) is 0 Å². The number of hydrogen-bond acceptors (Lipinski definition) is 3. The van der Waals surface area contributed by atoms with Crippen molar-refractivity contribution in [3.05, 3.63) is 59.2 Å². The molecule has 0 bridgehead atoms. The van der Waals surface area contributed by atoms with Crippen LogP contribution in [0.4, 0.5) is 5.69 Å². The van der Waals surface area contributed by atoms with Crippen molar-refractivity contribution in [1.29, 1.82) is 0 Å². The molecule has 2 atom stereocenters. The molecule has 4 nitrogen and oxygen atoms in total. The first-order valence-electron chi connectivity index (χ1n) is 7.97.